The Hall–Kier alpha value is -9.47. The predicted octanol–water partition coefficient (Wildman–Crippen LogP) is 18.3. The quantitative estimate of drug-likeness (QED) is 0.0183. The average Bonchev–Trinajstić information content (AvgIpc) is 1.63. The van der Waals surface area contributed by atoms with Crippen molar-refractivity contribution in [1.29, 1.82) is 0 Å². The maximum atomic E-state index is 14.6. The zero-order chi connectivity index (χ0) is 91.7. The molecule has 5 aliphatic rings. The minimum Gasteiger partial charge on any atom is -0.497 e. The van der Waals surface area contributed by atoms with E-state index in [9.17, 15) is 33.6 Å². The Balaban J connectivity index is 0.000000241. The number of hydrogen-bond donors (Lipinski definition) is 1. The monoisotopic (exact) mass is 1770 g/mol. The molecule has 0 radical (unpaired) electrons. The van der Waals surface area contributed by atoms with Gasteiger partial charge < -0.3 is 67.2 Å². The number of esters is 5. The number of unbranched alkanes of at least 4 members (excludes halogenated alkanes) is 2. The van der Waals surface area contributed by atoms with Crippen molar-refractivity contribution in [2.75, 3.05) is 41.0 Å². The summed E-state index contributed by atoms with van der Waals surface area (Å²) in [6, 6.07) is 13.6. The number of benzene rings is 3. The molecule has 2 saturated carbocycles. The van der Waals surface area contributed by atoms with Gasteiger partial charge in [0.05, 0.1) is 92.2 Å². The smallest absolute Gasteiger partial charge is 0.329 e. The van der Waals surface area contributed by atoms with Crippen LogP contribution in [0, 0.1) is 52.3 Å². The van der Waals surface area contributed by atoms with E-state index in [1.54, 1.807) is 124 Å². The maximum absolute atomic E-state index is 14.6. The molecule has 15 atom stereocenters. The van der Waals surface area contributed by atoms with Crippen LogP contribution in [0.25, 0.3) is 39.2 Å². The number of carbonyl (C=O) groups is 7. The molecular formula is C96H135Cl2N9O18. The summed E-state index contributed by atoms with van der Waals surface area (Å²) in [6.45, 7) is 49.6. The van der Waals surface area contributed by atoms with Crippen LogP contribution in [0.4, 0.5) is 0 Å². The van der Waals surface area contributed by atoms with E-state index < -0.39 is 117 Å². The first-order valence-electron chi connectivity index (χ1n) is 43.3. The minimum atomic E-state index is -0.963. The number of nitrogens with one attached hydrogen (secondary N) is 1. The van der Waals surface area contributed by atoms with Gasteiger partial charge in [-0.25, -0.2) is 39.5 Å². The first-order chi connectivity index (χ1) is 58.1. The zero-order valence-electron chi connectivity index (χ0n) is 76.8. The number of fused-ring (bicyclic) bond motifs is 3. The number of amides is 2. The maximum Gasteiger partial charge on any atom is 0.329 e. The molecule has 5 fully saturated rings. The third-order valence-corrected chi connectivity index (χ3v) is 24.2. The molecule has 11 rings (SSSR count). The van der Waals surface area contributed by atoms with Crippen LogP contribution in [0.2, 0.25) is 10.3 Å². The number of hydrogen-bond acceptors (Lipinski definition) is 25. The second-order valence-electron chi connectivity index (χ2n) is 38.5. The number of nitrogens with zero attached hydrogens (tertiary/aromatic N) is 8. The van der Waals surface area contributed by atoms with Crippen LogP contribution in [-0.2, 0) is 57.2 Å². The van der Waals surface area contributed by atoms with E-state index in [0.29, 0.717) is 74.4 Å². The Labute approximate surface area is 748 Å². The molecule has 0 spiro atoms. The van der Waals surface area contributed by atoms with Crippen molar-refractivity contribution in [3.05, 3.63) is 102 Å². The highest BCUT2D eigenvalue weighted by molar-refractivity contribution is 6.31. The summed E-state index contributed by atoms with van der Waals surface area (Å²) in [7, 11) is 4.73. The molecule has 3 aromatic heterocycles. The van der Waals surface area contributed by atoms with Gasteiger partial charge in [-0.05, 0) is 180 Å². The normalized spacial score (nSPS) is 23.8. The molecule has 29 heteroatoms. The van der Waals surface area contributed by atoms with Gasteiger partial charge in [0.25, 0.3) is 11.8 Å². The fourth-order valence-corrected chi connectivity index (χ4v) is 16.8. The number of allylic oxidation sites excluding steroid dienone is 2. The summed E-state index contributed by atoms with van der Waals surface area (Å²) in [5.74, 6) is -2.33. The van der Waals surface area contributed by atoms with E-state index in [0.717, 1.165) is 64.2 Å². The molecule has 3 aromatic carbocycles. The highest BCUT2D eigenvalue weighted by Gasteiger charge is 2.59. The summed E-state index contributed by atoms with van der Waals surface area (Å²) in [5.41, 5.74) is -0.280. The highest BCUT2D eigenvalue weighted by Crippen LogP contribution is 2.54. The summed E-state index contributed by atoms with van der Waals surface area (Å²) < 4.78 is 64.1. The molecule has 1 N–H and O–H groups in total. The van der Waals surface area contributed by atoms with Crippen LogP contribution in [0.1, 0.15) is 229 Å². The van der Waals surface area contributed by atoms with Crippen LogP contribution in [0.5, 0.6) is 34.9 Å². The van der Waals surface area contributed by atoms with E-state index >= 15 is 0 Å². The molecule has 3 saturated heterocycles. The Morgan fingerprint density at radius 2 is 0.848 bits per heavy atom. The van der Waals surface area contributed by atoms with Gasteiger partial charge in [-0.15, -0.1) is 13.2 Å². The van der Waals surface area contributed by atoms with Crippen molar-refractivity contribution in [3.8, 4) is 34.9 Å². The average molecular weight is 1770 g/mol. The lowest BCUT2D eigenvalue weighted by molar-refractivity contribution is -0.167. The molecular weight excluding hydrogens is 1640 g/mol. The minimum absolute atomic E-state index is 0. The number of ether oxygens (including phenoxy) is 11. The molecule has 2 aliphatic carbocycles. The van der Waals surface area contributed by atoms with Gasteiger partial charge in [-0.1, -0.05) is 126 Å². The molecule has 1 unspecified atom stereocenters. The lowest BCUT2D eigenvalue weighted by atomic mass is 9.77. The van der Waals surface area contributed by atoms with Crippen molar-refractivity contribution in [2.24, 2.45) is 52.3 Å². The third kappa shape index (κ3) is 25.7. The van der Waals surface area contributed by atoms with Gasteiger partial charge >= 0.3 is 29.8 Å². The van der Waals surface area contributed by atoms with Gasteiger partial charge in [0.15, 0.2) is 10.3 Å². The molecule has 3 aliphatic heterocycles. The third-order valence-electron chi connectivity index (χ3n) is 23.7. The molecule has 6 aromatic rings. The Morgan fingerprint density at radius 3 is 1.19 bits per heavy atom. The Kier molecular flexibility index (Phi) is 33.5. The van der Waals surface area contributed by atoms with Crippen molar-refractivity contribution in [3.63, 3.8) is 0 Å². The van der Waals surface area contributed by atoms with Crippen LogP contribution < -0.4 is 33.7 Å². The van der Waals surface area contributed by atoms with Crippen LogP contribution in [0.15, 0.2) is 86.5 Å². The largest absolute Gasteiger partial charge is 0.497 e. The van der Waals surface area contributed by atoms with Crippen molar-refractivity contribution < 1.29 is 85.7 Å². The van der Waals surface area contributed by atoms with Crippen molar-refractivity contribution in [2.45, 2.75) is 287 Å². The number of rotatable bonds is 31. The van der Waals surface area contributed by atoms with Crippen LogP contribution in [0.3, 0.4) is 0 Å². The van der Waals surface area contributed by atoms with E-state index in [4.69, 9.17) is 80.3 Å². The predicted molar refractivity (Wildman–Crippen MR) is 484 cm³/mol. The topological polar surface area (TPSA) is 317 Å². The summed E-state index contributed by atoms with van der Waals surface area (Å²) in [5, 5.41) is 3.40. The van der Waals surface area contributed by atoms with Crippen molar-refractivity contribution >= 4 is 104 Å². The van der Waals surface area contributed by atoms with E-state index in [-0.39, 0.29) is 91.1 Å². The number of methoxy groups -OCH3 is 3. The molecule has 125 heavy (non-hydrogen) atoms. The lowest BCUT2D eigenvalue weighted by Crippen LogP contribution is -2.50. The van der Waals surface area contributed by atoms with E-state index in [1.807, 2.05) is 109 Å². The van der Waals surface area contributed by atoms with E-state index in [1.165, 1.54) is 9.80 Å². The van der Waals surface area contributed by atoms with Crippen molar-refractivity contribution in [1.82, 2.24) is 45.0 Å². The first kappa shape index (κ1) is 101. The summed E-state index contributed by atoms with van der Waals surface area (Å²) >= 11 is 12.8. The summed E-state index contributed by atoms with van der Waals surface area (Å²) in [6.07, 6.45) is 12.5. The number of likely N-dealkylation sites (tertiary alicyclic amines) is 2. The van der Waals surface area contributed by atoms with E-state index in [2.05, 4.69) is 50.0 Å². The van der Waals surface area contributed by atoms with Crippen LogP contribution in [-0.4, -0.2) is 187 Å². The number of halogens is 2. The fourth-order valence-electron chi connectivity index (χ4n) is 16.4. The summed E-state index contributed by atoms with van der Waals surface area (Å²) in [4.78, 5) is 126. The second-order valence-corrected chi connectivity index (χ2v) is 39.2. The number of carbonyl (C=O) groups excluding carboxylic acids is 7. The Morgan fingerprint density at radius 1 is 0.496 bits per heavy atom. The zero-order valence-corrected chi connectivity index (χ0v) is 78.4. The van der Waals surface area contributed by atoms with Gasteiger partial charge in [-0.2, -0.15) is 0 Å². The SMILES string of the molecule is C.C=CCCCC1C[C@@]1(CC)OC(=O)C[C@H](C(=O)N1C[C@H](Oc2nc3cc(OC)ccc3nc2C=C)[C@@H](C)[C@H]1C(=O)OC(C)(C)C)C(C)(C)C.C=CCCC[C@@H]1C[C@@]1(CC)OC(=O)C[C@H](C(=O)N1C[C@H](Oc2nc3cc(OC)ccc3nc2Cl)[C@@H](C)[C@H]1C(=O)OC(C)(C)C)C(C)(C)C.COc1ccc2nc(Cl)c(O[C@H]3CN[C@H](C(=O)OC(C)(C)C)[C@@H]3C)nc2c1. The molecule has 2 amide bonds. The second kappa shape index (κ2) is 41.5. The van der Waals surface area contributed by atoms with Gasteiger partial charge in [0.2, 0.25) is 17.7 Å². The van der Waals surface area contributed by atoms with Gasteiger partial charge in [0.1, 0.15) is 87.4 Å². The number of aromatic nitrogens is 6. The molecule has 6 heterocycles. The highest BCUT2D eigenvalue weighted by atomic mass is 35.5. The Bertz CT molecular complexity index is 4860. The molecule has 0 bridgehead atoms. The van der Waals surface area contributed by atoms with Crippen LogP contribution >= 0.6 is 23.2 Å². The lowest BCUT2D eigenvalue weighted by Gasteiger charge is -2.35. The van der Waals surface area contributed by atoms with Gasteiger partial charge in [0, 0.05) is 54.3 Å². The first-order valence-corrected chi connectivity index (χ1v) is 44.0. The fraction of sp³-hybridized carbons (Fsp3) is 0.615. The standard InChI is InChI=1S/C39H55N3O7.C37H52ClN3O7.C19H24ClN3O4.CH4/c1-12-15-16-17-25-22-39(25,14-3)48-32(43)21-27(37(5,6)7)35(44)42-23-31(24(4)33(42)36(45)49-38(8,9)10)47-34-28(13-2)40-29-19-18-26(46-11)20-30(29)41-34;1-11-13-14-15-23-20-37(23,12-2)47-29(42)19-25(35(4,5)6)33(43)41-21-28(22(3)30(41)34(44)48-36(7,8)9)46-32-31(38)39-26-17-16-24(45-10)18-27(26)40-32;1-10-14(9-21-15(10)18(24)27-19(2,3)4)26-17-16(20)22-12-7-6-11(25-5)8-13(12)23-17;/h12-13,18-20,24-25,27,31,33H,1-2,14-17,21-23H2,3-11H3;11,16-18,22-23,25,28,30H,1,12-15,19-21H2,2-10H3;6-8,10,14-15,21H,9H2,1-5H3;1H4/t24-,25?,27-,31+,33+,39-;22-,23-,25-,28+,30+,37-;10-,14+,15+;/m111./s1. The molecule has 27 nitrogen and oxygen atoms in total. The molecule has 686 valence electrons. The van der Waals surface area contributed by atoms with Gasteiger partial charge in [-0.3, -0.25) is 24.0 Å².